The van der Waals surface area contributed by atoms with Gasteiger partial charge in [-0.25, -0.2) is 0 Å². The molecule has 0 bridgehead atoms. The maximum atomic E-state index is 12.9. The van der Waals surface area contributed by atoms with E-state index in [1.807, 2.05) is 59.8 Å². The van der Waals surface area contributed by atoms with Crippen LogP contribution in [0.25, 0.3) is 6.08 Å². The summed E-state index contributed by atoms with van der Waals surface area (Å²) in [7, 11) is 0. The number of benzene rings is 2. The second-order valence-corrected chi connectivity index (χ2v) is 9.71. The molecule has 4 heteroatoms. The minimum absolute atomic E-state index is 0.122. The zero-order chi connectivity index (χ0) is 24.6. The second-order valence-electron chi connectivity index (χ2n) is 9.71. The molecule has 0 aliphatic heterocycles. The van der Waals surface area contributed by atoms with Gasteiger partial charge in [0.2, 0.25) is 0 Å². The quantitative estimate of drug-likeness (QED) is 0.218. The van der Waals surface area contributed by atoms with Gasteiger partial charge < -0.3 is 14.2 Å². The number of rotatable bonds is 10. The van der Waals surface area contributed by atoms with Crippen LogP contribution in [-0.2, 0) is 6.42 Å². The van der Waals surface area contributed by atoms with Gasteiger partial charge in [-0.3, -0.25) is 4.79 Å². The van der Waals surface area contributed by atoms with Crippen LogP contribution in [0.5, 0.6) is 17.2 Å². The fourth-order valence-corrected chi connectivity index (χ4v) is 3.07. The smallest absolute Gasteiger partial charge is 0.185 e. The number of carbonyl (C=O) groups is 1. The molecule has 4 nitrogen and oxygen atoms in total. The van der Waals surface area contributed by atoms with Crippen molar-refractivity contribution in [2.24, 2.45) is 0 Å². The van der Waals surface area contributed by atoms with Crippen molar-refractivity contribution in [3.8, 4) is 17.2 Å². The van der Waals surface area contributed by atoms with Gasteiger partial charge in [0, 0.05) is 5.56 Å². The first kappa shape index (κ1) is 26.0. The summed E-state index contributed by atoms with van der Waals surface area (Å²) in [5.41, 5.74) is 1.45. The maximum absolute atomic E-state index is 12.9. The van der Waals surface area contributed by atoms with Gasteiger partial charge in [0.15, 0.2) is 5.78 Å². The predicted molar refractivity (Wildman–Crippen MR) is 137 cm³/mol. The maximum Gasteiger partial charge on any atom is 0.185 e. The van der Waals surface area contributed by atoms with E-state index < -0.39 is 11.2 Å². The molecular weight excluding hydrogens is 412 g/mol. The SMILES string of the molecule is C=CCOc1ccc(C(=O)/C=C/c2c(OC(C)(C)C)ccc(CC=C)c2OC(C)(C)C)cc1. The molecule has 0 unspecified atom stereocenters. The van der Waals surface area contributed by atoms with E-state index in [1.54, 1.807) is 42.5 Å². The predicted octanol–water partition coefficient (Wildman–Crippen LogP) is 7.23. The van der Waals surface area contributed by atoms with Crippen molar-refractivity contribution in [2.75, 3.05) is 6.61 Å². The van der Waals surface area contributed by atoms with E-state index in [9.17, 15) is 4.79 Å². The van der Waals surface area contributed by atoms with Crippen LogP contribution in [0.15, 0.2) is 67.8 Å². The molecule has 0 saturated carbocycles. The third-order valence-electron chi connectivity index (χ3n) is 4.33. The average molecular weight is 449 g/mol. The lowest BCUT2D eigenvalue weighted by molar-refractivity contribution is 0.104. The lowest BCUT2D eigenvalue weighted by atomic mass is 10.0. The van der Waals surface area contributed by atoms with Gasteiger partial charge >= 0.3 is 0 Å². The van der Waals surface area contributed by atoms with Crippen LogP contribution in [0.4, 0.5) is 0 Å². The molecule has 0 fully saturated rings. The van der Waals surface area contributed by atoms with Crippen LogP contribution in [0.1, 0.15) is 63.0 Å². The van der Waals surface area contributed by atoms with Crippen molar-refractivity contribution in [1.82, 2.24) is 0 Å². The number of hydrogen-bond donors (Lipinski definition) is 0. The van der Waals surface area contributed by atoms with Crippen LogP contribution in [0, 0.1) is 0 Å². The van der Waals surface area contributed by atoms with Gasteiger partial charge in [-0.05, 0) is 96.0 Å². The van der Waals surface area contributed by atoms with Gasteiger partial charge in [-0.1, -0.05) is 24.8 Å². The van der Waals surface area contributed by atoms with Crippen molar-refractivity contribution in [3.63, 3.8) is 0 Å². The van der Waals surface area contributed by atoms with Crippen molar-refractivity contribution in [3.05, 3.63) is 84.5 Å². The Kier molecular flexibility index (Phi) is 8.69. The zero-order valence-electron chi connectivity index (χ0n) is 20.7. The minimum atomic E-state index is -0.426. The molecule has 0 atom stereocenters. The lowest BCUT2D eigenvalue weighted by Gasteiger charge is -2.28. The van der Waals surface area contributed by atoms with Crippen molar-refractivity contribution in [1.29, 1.82) is 0 Å². The highest BCUT2D eigenvalue weighted by Crippen LogP contribution is 2.38. The molecule has 2 rings (SSSR count). The van der Waals surface area contributed by atoms with Crippen molar-refractivity contribution < 1.29 is 19.0 Å². The fourth-order valence-electron chi connectivity index (χ4n) is 3.07. The molecule has 0 aliphatic rings. The molecule has 176 valence electrons. The lowest BCUT2D eigenvalue weighted by Crippen LogP contribution is -2.26. The third-order valence-corrected chi connectivity index (χ3v) is 4.33. The molecule has 0 heterocycles. The monoisotopic (exact) mass is 448 g/mol. The van der Waals surface area contributed by atoms with E-state index in [0.717, 1.165) is 11.1 Å². The summed E-state index contributed by atoms with van der Waals surface area (Å²) in [6.07, 6.45) is 7.49. The summed E-state index contributed by atoms with van der Waals surface area (Å²) in [6, 6.07) is 11.0. The Balaban J connectivity index is 2.48. The molecule has 0 aromatic heterocycles. The van der Waals surface area contributed by atoms with Crippen LogP contribution >= 0.6 is 0 Å². The van der Waals surface area contributed by atoms with E-state index >= 15 is 0 Å². The minimum Gasteiger partial charge on any atom is -0.490 e. The Morgan fingerprint density at radius 1 is 0.879 bits per heavy atom. The highest BCUT2D eigenvalue weighted by molar-refractivity contribution is 6.07. The van der Waals surface area contributed by atoms with Gasteiger partial charge in [-0.2, -0.15) is 0 Å². The van der Waals surface area contributed by atoms with E-state index in [0.29, 0.717) is 35.8 Å². The normalized spacial score (nSPS) is 11.8. The van der Waals surface area contributed by atoms with Crippen molar-refractivity contribution >= 4 is 11.9 Å². The zero-order valence-corrected chi connectivity index (χ0v) is 20.7. The molecule has 2 aromatic rings. The Labute approximate surface area is 198 Å². The molecule has 0 amide bonds. The molecule has 0 spiro atoms. The van der Waals surface area contributed by atoms with E-state index in [2.05, 4.69) is 13.2 Å². The first-order valence-corrected chi connectivity index (χ1v) is 11.1. The van der Waals surface area contributed by atoms with Crippen LogP contribution in [-0.4, -0.2) is 23.6 Å². The summed E-state index contributed by atoms with van der Waals surface area (Å²) < 4.78 is 18.1. The van der Waals surface area contributed by atoms with Crippen LogP contribution in [0.3, 0.4) is 0 Å². The molecule has 0 saturated heterocycles. The topological polar surface area (TPSA) is 44.8 Å². The van der Waals surface area contributed by atoms with Crippen LogP contribution < -0.4 is 14.2 Å². The first-order chi connectivity index (χ1) is 15.4. The number of ether oxygens (including phenoxy) is 3. The van der Waals surface area contributed by atoms with Gasteiger partial charge in [0.25, 0.3) is 0 Å². The largest absolute Gasteiger partial charge is 0.490 e. The highest BCUT2D eigenvalue weighted by Gasteiger charge is 2.22. The Morgan fingerprint density at radius 3 is 2.06 bits per heavy atom. The van der Waals surface area contributed by atoms with Crippen LogP contribution in [0.2, 0.25) is 0 Å². The van der Waals surface area contributed by atoms with Crippen molar-refractivity contribution in [2.45, 2.75) is 59.2 Å². The first-order valence-electron chi connectivity index (χ1n) is 11.1. The summed E-state index contributed by atoms with van der Waals surface area (Å²) in [4.78, 5) is 12.9. The Morgan fingerprint density at radius 2 is 1.52 bits per heavy atom. The fraction of sp³-hybridized carbons (Fsp3) is 0.345. The molecule has 0 radical (unpaired) electrons. The number of hydrogen-bond acceptors (Lipinski definition) is 4. The number of ketones is 1. The summed E-state index contributed by atoms with van der Waals surface area (Å²) in [6.45, 7) is 19.9. The van der Waals surface area contributed by atoms with E-state index in [4.69, 9.17) is 14.2 Å². The Bertz CT molecular complexity index is 1000. The summed E-state index contributed by atoms with van der Waals surface area (Å²) in [5, 5.41) is 0. The summed E-state index contributed by atoms with van der Waals surface area (Å²) >= 11 is 0. The molecule has 0 N–H and O–H groups in total. The van der Waals surface area contributed by atoms with E-state index in [-0.39, 0.29) is 5.78 Å². The standard InChI is InChI=1S/C29H36O4/c1-9-11-22-14-19-26(32-28(3,4)5)24(27(22)33-29(6,7)8)17-18-25(30)21-12-15-23(16-13-21)31-20-10-2/h9-10,12-19H,1-2,11,20H2,3-8H3/b18-17+. The highest BCUT2D eigenvalue weighted by atomic mass is 16.5. The molecule has 33 heavy (non-hydrogen) atoms. The number of carbonyl (C=O) groups excluding carboxylic acids is 1. The molecule has 0 aliphatic carbocycles. The third kappa shape index (κ3) is 8.30. The second kappa shape index (κ2) is 11.0. The van der Waals surface area contributed by atoms with Gasteiger partial charge in [0.1, 0.15) is 35.1 Å². The Hall–Kier alpha value is -3.27. The van der Waals surface area contributed by atoms with Gasteiger partial charge in [-0.15, -0.1) is 6.58 Å². The molecule has 2 aromatic carbocycles. The number of allylic oxidation sites excluding steroid dienone is 2. The van der Waals surface area contributed by atoms with Gasteiger partial charge in [0.05, 0.1) is 5.56 Å². The van der Waals surface area contributed by atoms with E-state index in [1.165, 1.54) is 0 Å². The average Bonchev–Trinajstić information content (AvgIpc) is 2.72. The summed E-state index contributed by atoms with van der Waals surface area (Å²) in [5.74, 6) is 1.92. The molecular formula is C29H36O4.